The Kier molecular flexibility index (Phi) is 5.28. The van der Waals surface area contributed by atoms with Crippen molar-refractivity contribution in [3.05, 3.63) is 66.4 Å². The van der Waals surface area contributed by atoms with Crippen molar-refractivity contribution in [2.75, 3.05) is 5.75 Å². The zero-order valence-electron chi connectivity index (χ0n) is 11.7. The van der Waals surface area contributed by atoms with E-state index in [9.17, 15) is 8.42 Å². The smallest absolute Gasteiger partial charge is 0.179 e. The fraction of sp³-hybridized carbons (Fsp3) is 0.125. The first kappa shape index (κ1) is 17.5. The number of hydrogen-bond donors (Lipinski definition) is 0. The Balaban J connectivity index is 1.94. The molecule has 0 saturated heterocycles. The largest absolute Gasteiger partial charge is 0.224 e. The van der Waals surface area contributed by atoms with E-state index < -0.39 is 9.84 Å². The molecular weight excluding hydrogens is 484 g/mol. The third-order valence-corrected chi connectivity index (χ3v) is 7.83. The third-order valence-electron chi connectivity index (χ3n) is 3.40. The molecule has 0 fully saturated rings. The maximum absolute atomic E-state index is 12.7. The molecule has 0 bridgehead atoms. The number of thioether (sulfide) groups is 1. The lowest BCUT2D eigenvalue weighted by Gasteiger charge is -2.18. The van der Waals surface area contributed by atoms with Crippen LogP contribution in [0.25, 0.3) is 6.08 Å². The van der Waals surface area contributed by atoms with E-state index in [1.54, 1.807) is 30.3 Å². The van der Waals surface area contributed by atoms with Crippen molar-refractivity contribution in [1.82, 2.24) is 0 Å². The molecule has 1 aliphatic rings. The van der Waals surface area contributed by atoms with Gasteiger partial charge in [-0.1, -0.05) is 55.6 Å². The maximum Gasteiger partial charge on any atom is 0.179 e. The molecule has 7 heteroatoms. The predicted octanol–water partition coefficient (Wildman–Crippen LogP) is 5.93. The van der Waals surface area contributed by atoms with Gasteiger partial charge in [-0.25, -0.2) is 8.42 Å². The van der Waals surface area contributed by atoms with E-state index >= 15 is 0 Å². The van der Waals surface area contributed by atoms with Gasteiger partial charge in [0.15, 0.2) is 9.84 Å². The molecule has 0 amide bonds. The van der Waals surface area contributed by atoms with Gasteiger partial charge in [0, 0.05) is 30.2 Å². The van der Waals surface area contributed by atoms with Crippen molar-refractivity contribution in [3.63, 3.8) is 0 Å². The number of sulfone groups is 1. The monoisotopic (exact) mass is 492 g/mol. The molecule has 2 aromatic rings. The molecule has 2 nitrogen and oxygen atoms in total. The number of fused-ring (bicyclic) bond motifs is 1. The van der Waals surface area contributed by atoms with Crippen LogP contribution in [0.1, 0.15) is 11.1 Å². The molecule has 1 aliphatic heterocycles. The summed E-state index contributed by atoms with van der Waals surface area (Å²) in [7, 11) is -3.35. The highest BCUT2D eigenvalue weighted by molar-refractivity contribution is 9.11. The topological polar surface area (TPSA) is 34.1 Å². The van der Waals surface area contributed by atoms with Crippen molar-refractivity contribution in [1.29, 1.82) is 0 Å². The second-order valence-corrected chi connectivity index (χ2v) is 10.4. The van der Waals surface area contributed by atoms with E-state index in [1.165, 1.54) is 11.8 Å². The first-order valence-electron chi connectivity index (χ1n) is 6.65. The van der Waals surface area contributed by atoms with E-state index in [1.807, 2.05) is 12.1 Å². The molecule has 1 heterocycles. The molecule has 0 radical (unpaired) electrons. The summed E-state index contributed by atoms with van der Waals surface area (Å²) >= 11 is 14.3. The van der Waals surface area contributed by atoms with Gasteiger partial charge >= 0.3 is 0 Å². The average molecular weight is 495 g/mol. The van der Waals surface area contributed by atoms with Crippen molar-refractivity contribution in [3.8, 4) is 0 Å². The van der Waals surface area contributed by atoms with E-state index in [4.69, 9.17) is 11.6 Å². The summed E-state index contributed by atoms with van der Waals surface area (Å²) in [5.41, 5.74) is 1.65. The minimum Gasteiger partial charge on any atom is -0.224 e. The average Bonchev–Trinajstić information content (AvgIpc) is 2.49. The van der Waals surface area contributed by atoms with Gasteiger partial charge in [-0.3, -0.25) is 0 Å². The lowest BCUT2D eigenvalue weighted by Crippen LogP contribution is -2.11. The van der Waals surface area contributed by atoms with Gasteiger partial charge in [0.05, 0.1) is 10.7 Å². The molecule has 3 rings (SSSR count). The van der Waals surface area contributed by atoms with E-state index in [2.05, 4.69) is 31.9 Å². The van der Waals surface area contributed by atoms with Crippen LogP contribution in [-0.4, -0.2) is 14.2 Å². The summed E-state index contributed by atoms with van der Waals surface area (Å²) in [4.78, 5) is 1.52. The first-order valence-corrected chi connectivity index (χ1v) is 11.2. The normalized spacial score (nSPS) is 14.3. The summed E-state index contributed by atoms with van der Waals surface area (Å²) in [5, 5.41) is 0.599. The van der Waals surface area contributed by atoms with Gasteiger partial charge in [-0.2, -0.15) is 0 Å². The van der Waals surface area contributed by atoms with E-state index in [-0.39, 0.29) is 5.75 Å². The summed E-state index contributed by atoms with van der Waals surface area (Å²) in [6, 6.07) is 10.8. The molecule has 0 atom stereocenters. The van der Waals surface area contributed by atoms with Crippen molar-refractivity contribution in [2.24, 2.45) is 0 Å². The molecule has 23 heavy (non-hydrogen) atoms. The van der Waals surface area contributed by atoms with E-state index in [0.29, 0.717) is 15.7 Å². The number of halogens is 3. The summed E-state index contributed by atoms with van der Waals surface area (Å²) in [5.74, 6) is 0.436. The van der Waals surface area contributed by atoms with Gasteiger partial charge in [0.1, 0.15) is 0 Å². The fourth-order valence-corrected chi connectivity index (χ4v) is 6.92. The minimum atomic E-state index is -3.35. The Morgan fingerprint density at radius 3 is 2.52 bits per heavy atom. The summed E-state index contributed by atoms with van der Waals surface area (Å²) < 4.78 is 27.2. The zero-order chi connectivity index (χ0) is 16.6. The second-order valence-electron chi connectivity index (χ2n) is 5.08. The molecule has 120 valence electrons. The van der Waals surface area contributed by atoms with Crippen LogP contribution in [0.2, 0.25) is 5.02 Å². The Bertz CT molecular complexity index is 891. The Hall–Kier alpha value is -0.270. The molecule has 0 unspecified atom stereocenters. The van der Waals surface area contributed by atoms with Crippen molar-refractivity contribution >= 4 is 71.1 Å². The summed E-state index contributed by atoms with van der Waals surface area (Å²) in [6.45, 7) is 0. The fourth-order valence-electron chi connectivity index (χ4n) is 2.24. The molecule has 0 aromatic heterocycles. The van der Waals surface area contributed by atoms with Gasteiger partial charge in [-0.05, 0) is 35.9 Å². The first-order chi connectivity index (χ1) is 10.8. The Labute approximate surface area is 161 Å². The number of rotatable bonds is 3. The van der Waals surface area contributed by atoms with Crippen LogP contribution in [-0.2, 0) is 15.6 Å². The highest BCUT2D eigenvalue weighted by Crippen LogP contribution is 2.40. The van der Waals surface area contributed by atoms with Gasteiger partial charge in [0.25, 0.3) is 0 Å². The standard InChI is InChI=1S/C16H11Br2ClO2S2/c17-11-5-15(18)14-7-13(8-22-16(14)6-11)23(20,21)9-10-1-3-12(19)4-2-10/h1-7H,8-9H2. The van der Waals surface area contributed by atoms with Crippen LogP contribution in [0.5, 0.6) is 0 Å². The van der Waals surface area contributed by atoms with Crippen LogP contribution in [0, 0.1) is 0 Å². The zero-order valence-corrected chi connectivity index (χ0v) is 17.3. The molecule has 0 saturated carbocycles. The Morgan fingerprint density at radius 1 is 1.13 bits per heavy atom. The minimum absolute atomic E-state index is 0.0138. The van der Waals surface area contributed by atoms with Crippen LogP contribution in [0.4, 0.5) is 0 Å². The van der Waals surface area contributed by atoms with Crippen LogP contribution < -0.4 is 0 Å². The molecular formula is C16H11Br2ClO2S2. The third kappa shape index (κ3) is 4.04. The predicted molar refractivity (Wildman–Crippen MR) is 105 cm³/mol. The van der Waals surface area contributed by atoms with Crippen molar-refractivity contribution < 1.29 is 8.42 Å². The molecule has 0 aliphatic carbocycles. The lowest BCUT2D eigenvalue weighted by atomic mass is 10.2. The van der Waals surface area contributed by atoms with Crippen LogP contribution >= 0.6 is 55.2 Å². The number of benzene rings is 2. The highest BCUT2D eigenvalue weighted by atomic mass is 79.9. The SMILES string of the molecule is O=S(=O)(Cc1ccc(Cl)cc1)C1=Cc2c(Br)cc(Br)cc2SC1. The highest BCUT2D eigenvalue weighted by Gasteiger charge is 2.24. The van der Waals surface area contributed by atoms with Gasteiger partial charge in [-0.15, -0.1) is 11.8 Å². The van der Waals surface area contributed by atoms with Gasteiger partial charge < -0.3 is 0 Å². The maximum atomic E-state index is 12.7. The molecule has 0 N–H and O–H groups in total. The molecule has 2 aromatic carbocycles. The Morgan fingerprint density at radius 2 is 1.83 bits per heavy atom. The number of hydrogen-bond acceptors (Lipinski definition) is 3. The lowest BCUT2D eigenvalue weighted by molar-refractivity contribution is 0.601. The van der Waals surface area contributed by atoms with Crippen molar-refractivity contribution in [2.45, 2.75) is 10.6 Å². The van der Waals surface area contributed by atoms with Crippen LogP contribution in [0.15, 0.2) is 55.1 Å². The second kappa shape index (κ2) is 6.92. The van der Waals surface area contributed by atoms with Gasteiger partial charge in [0.2, 0.25) is 0 Å². The summed E-state index contributed by atoms with van der Waals surface area (Å²) in [6.07, 6.45) is 1.77. The quantitative estimate of drug-likeness (QED) is 0.531. The molecule has 0 spiro atoms. The van der Waals surface area contributed by atoms with Crippen LogP contribution in [0.3, 0.4) is 0 Å². The van der Waals surface area contributed by atoms with E-state index in [0.717, 1.165) is 25.0 Å².